The summed E-state index contributed by atoms with van der Waals surface area (Å²) in [7, 11) is 0. The van der Waals surface area contributed by atoms with E-state index in [1.165, 1.54) is 0 Å². The lowest BCUT2D eigenvalue weighted by Crippen LogP contribution is -2.16. The third-order valence-electron chi connectivity index (χ3n) is 2.14. The molecule has 0 aliphatic carbocycles. The second-order valence-corrected chi connectivity index (χ2v) is 3.53. The van der Waals surface area contributed by atoms with Gasteiger partial charge in [-0.15, -0.1) is 0 Å². The van der Waals surface area contributed by atoms with Crippen LogP contribution >= 0.6 is 0 Å². The minimum atomic E-state index is -0.133. The third-order valence-corrected chi connectivity index (χ3v) is 2.14. The van der Waals surface area contributed by atoms with E-state index in [1.54, 1.807) is 0 Å². The summed E-state index contributed by atoms with van der Waals surface area (Å²) in [6.07, 6.45) is 1.95. The number of hydrogen-bond donors (Lipinski definition) is 3. The summed E-state index contributed by atoms with van der Waals surface area (Å²) >= 11 is 0. The number of para-hydroxylation sites is 1. The zero-order valence-corrected chi connectivity index (χ0v) is 10.2. The first-order valence-electron chi connectivity index (χ1n) is 5.54. The summed E-state index contributed by atoms with van der Waals surface area (Å²) < 4.78 is 0. The molecule has 96 valence electrons. The molecule has 0 radical (unpaired) electrons. The van der Waals surface area contributed by atoms with Crippen molar-refractivity contribution < 1.29 is 0 Å². The van der Waals surface area contributed by atoms with Crippen molar-refractivity contribution in [3.05, 3.63) is 29.8 Å². The van der Waals surface area contributed by atoms with Crippen LogP contribution in [0.2, 0.25) is 0 Å². The van der Waals surface area contributed by atoms with Gasteiger partial charge in [-0.25, -0.2) is 4.99 Å². The van der Waals surface area contributed by atoms with Gasteiger partial charge in [-0.2, -0.15) is 4.99 Å². The number of aryl methyl sites for hydroxylation is 1. The molecule has 0 heterocycles. The molecule has 7 nitrogen and oxygen atoms in total. The van der Waals surface area contributed by atoms with Gasteiger partial charge >= 0.3 is 0 Å². The fraction of sp³-hybridized carbons (Fsp3) is 0.273. The number of aliphatic imine (C=N–C) groups is 2. The van der Waals surface area contributed by atoms with Crippen LogP contribution in [0.4, 0.5) is 5.69 Å². The van der Waals surface area contributed by atoms with E-state index in [0.717, 1.165) is 24.1 Å². The number of nitrogens with zero attached hydrogens (tertiary/aromatic N) is 4. The van der Waals surface area contributed by atoms with E-state index in [4.69, 9.17) is 17.3 Å². The highest BCUT2D eigenvalue weighted by Crippen LogP contribution is 2.20. The van der Waals surface area contributed by atoms with Gasteiger partial charge in [0, 0.05) is 0 Å². The molecule has 0 atom stereocenters. The standard InChI is InChI=1S/C11H17N7/c1-2-5-8-6-3-4-7-9(8)15-10(12)16-11(13)17-18-14/h3-4,6-7H,2,5H2,1H3,(H6,12,13,14,15,16,17). The van der Waals surface area contributed by atoms with Crippen LogP contribution in [-0.4, -0.2) is 11.9 Å². The Balaban J connectivity index is 2.98. The quantitative estimate of drug-likeness (QED) is 0.244. The van der Waals surface area contributed by atoms with Gasteiger partial charge in [0.1, 0.15) is 0 Å². The van der Waals surface area contributed by atoms with Crippen LogP contribution in [0, 0.1) is 0 Å². The van der Waals surface area contributed by atoms with E-state index in [9.17, 15) is 0 Å². The summed E-state index contributed by atoms with van der Waals surface area (Å²) in [5.74, 6) is 4.72. The maximum Gasteiger partial charge on any atom is 0.245 e. The van der Waals surface area contributed by atoms with Crippen molar-refractivity contribution >= 4 is 17.6 Å². The number of rotatable bonds is 3. The van der Waals surface area contributed by atoms with Crippen LogP contribution in [0.5, 0.6) is 0 Å². The van der Waals surface area contributed by atoms with Crippen molar-refractivity contribution in [2.75, 3.05) is 0 Å². The van der Waals surface area contributed by atoms with Crippen LogP contribution in [0.3, 0.4) is 0 Å². The molecule has 0 saturated heterocycles. The third kappa shape index (κ3) is 4.20. The Morgan fingerprint density at radius 2 is 1.89 bits per heavy atom. The number of nitrogens with two attached hydrogens (primary N) is 3. The second kappa shape index (κ2) is 7.00. The van der Waals surface area contributed by atoms with Gasteiger partial charge in [0.05, 0.1) is 5.69 Å². The van der Waals surface area contributed by atoms with Crippen molar-refractivity contribution in [3.63, 3.8) is 0 Å². The summed E-state index contributed by atoms with van der Waals surface area (Å²) in [6.45, 7) is 2.10. The lowest BCUT2D eigenvalue weighted by molar-refractivity contribution is 0.921. The first-order valence-corrected chi connectivity index (χ1v) is 5.54. The molecule has 7 heteroatoms. The molecule has 0 aliphatic heterocycles. The Labute approximate surface area is 105 Å². The second-order valence-electron chi connectivity index (χ2n) is 3.53. The predicted molar refractivity (Wildman–Crippen MR) is 72.4 cm³/mol. The monoisotopic (exact) mass is 247 g/mol. The summed E-state index contributed by atoms with van der Waals surface area (Å²) in [5, 5.41) is 6.34. The lowest BCUT2D eigenvalue weighted by Gasteiger charge is -2.03. The predicted octanol–water partition coefficient (Wildman–Crippen LogP) is 1.23. The Hall–Kier alpha value is -2.44. The van der Waals surface area contributed by atoms with E-state index in [2.05, 4.69) is 27.2 Å². The SMILES string of the molecule is CCCc1ccccc1N=C(N)N=C(N)N=NN. The van der Waals surface area contributed by atoms with Gasteiger partial charge in [0.15, 0.2) is 0 Å². The highest BCUT2D eigenvalue weighted by molar-refractivity contribution is 5.94. The average molecular weight is 247 g/mol. The normalized spacial score (nSPS) is 13.2. The Morgan fingerprint density at radius 1 is 1.17 bits per heavy atom. The van der Waals surface area contributed by atoms with Crippen molar-refractivity contribution in [2.24, 2.45) is 37.6 Å². The molecule has 0 spiro atoms. The molecule has 0 aliphatic rings. The van der Waals surface area contributed by atoms with E-state index < -0.39 is 0 Å². The smallest absolute Gasteiger partial charge is 0.245 e. The molecule has 18 heavy (non-hydrogen) atoms. The van der Waals surface area contributed by atoms with Crippen LogP contribution in [-0.2, 0) is 6.42 Å². The van der Waals surface area contributed by atoms with E-state index >= 15 is 0 Å². The van der Waals surface area contributed by atoms with Gasteiger partial charge < -0.3 is 17.3 Å². The van der Waals surface area contributed by atoms with Gasteiger partial charge in [-0.1, -0.05) is 41.9 Å². The van der Waals surface area contributed by atoms with Gasteiger partial charge in [0.2, 0.25) is 11.9 Å². The first kappa shape index (κ1) is 13.6. The molecule has 0 aromatic heterocycles. The number of benzene rings is 1. The molecule has 6 N–H and O–H groups in total. The summed E-state index contributed by atoms with van der Waals surface area (Å²) in [5.41, 5.74) is 12.9. The largest absolute Gasteiger partial charge is 0.368 e. The molecule has 0 amide bonds. The summed E-state index contributed by atoms with van der Waals surface area (Å²) in [6, 6.07) is 7.72. The minimum absolute atomic E-state index is 0.0171. The molecular weight excluding hydrogens is 230 g/mol. The number of hydrogen-bond acceptors (Lipinski definition) is 2. The summed E-state index contributed by atoms with van der Waals surface area (Å²) in [4.78, 5) is 7.93. The van der Waals surface area contributed by atoms with Crippen LogP contribution < -0.4 is 17.3 Å². The average Bonchev–Trinajstić information content (AvgIpc) is 2.32. The number of guanidine groups is 2. The first-order chi connectivity index (χ1) is 8.67. The molecule has 1 aromatic carbocycles. The fourth-order valence-electron chi connectivity index (χ4n) is 1.45. The zero-order chi connectivity index (χ0) is 13.4. The molecular formula is C11H17N7. The van der Waals surface area contributed by atoms with Crippen LogP contribution in [0.15, 0.2) is 44.6 Å². The van der Waals surface area contributed by atoms with Crippen LogP contribution in [0.25, 0.3) is 0 Å². The topological polar surface area (TPSA) is 127 Å². The molecule has 0 saturated carbocycles. The highest BCUT2D eigenvalue weighted by Gasteiger charge is 2.00. The van der Waals surface area contributed by atoms with Crippen molar-refractivity contribution in [1.82, 2.24) is 0 Å². The lowest BCUT2D eigenvalue weighted by atomic mass is 10.1. The van der Waals surface area contributed by atoms with Crippen molar-refractivity contribution in [1.29, 1.82) is 0 Å². The Kier molecular flexibility index (Phi) is 5.30. The van der Waals surface area contributed by atoms with Crippen molar-refractivity contribution in [3.8, 4) is 0 Å². The molecule has 0 fully saturated rings. The van der Waals surface area contributed by atoms with E-state index in [1.807, 2.05) is 24.3 Å². The Morgan fingerprint density at radius 3 is 2.56 bits per heavy atom. The van der Waals surface area contributed by atoms with E-state index in [-0.39, 0.29) is 11.9 Å². The highest BCUT2D eigenvalue weighted by atomic mass is 15.4. The van der Waals surface area contributed by atoms with E-state index in [0.29, 0.717) is 0 Å². The van der Waals surface area contributed by atoms with Gasteiger partial charge in [-0.05, 0) is 18.1 Å². The molecule has 0 bridgehead atoms. The molecule has 1 rings (SSSR count). The molecule has 0 unspecified atom stereocenters. The minimum Gasteiger partial charge on any atom is -0.368 e. The van der Waals surface area contributed by atoms with Crippen LogP contribution in [0.1, 0.15) is 18.9 Å². The maximum absolute atomic E-state index is 5.64. The van der Waals surface area contributed by atoms with Crippen molar-refractivity contribution in [2.45, 2.75) is 19.8 Å². The fourth-order valence-corrected chi connectivity index (χ4v) is 1.45. The Bertz CT molecular complexity index is 476. The van der Waals surface area contributed by atoms with Gasteiger partial charge in [-0.3, -0.25) is 0 Å². The van der Waals surface area contributed by atoms with Gasteiger partial charge in [0.25, 0.3) is 0 Å². The zero-order valence-electron chi connectivity index (χ0n) is 10.2. The maximum atomic E-state index is 5.64. The molecule has 1 aromatic rings.